The van der Waals surface area contributed by atoms with Gasteiger partial charge >= 0.3 is 0 Å². The Bertz CT molecular complexity index is 710. The fraction of sp³-hybridized carbons (Fsp3) is 0.333. The van der Waals surface area contributed by atoms with Crippen LogP contribution in [0.3, 0.4) is 0 Å². The van der Waals surface area contributed by atoms with Crippen LogP contribution in [0.5, 0.6) is 5.88 Å². The first-order valence-corrected chi connectivity index (χ1v) is 8.40. The second kappa shape index (κ2) is 9.86. The minimum atomic E-state index is -0.217. The van der Waals surface area contributed by atoms with E-state index in [4.69, 9.17) is 21.1 Å². The first-order chi connectivity index (χ1) is 12.2. The number of aromatic nitrogens is 1. The molecular formula is C18H22ClN3O3. The predicted molar refractivity (Wildman–Crippen MR) is 98.4 cm³/mol. The van der Waals surface area contributed by atoms with E-state index < -0.39 is 0 Å². The molecule has 2 rings (SSSR count). The fourth-order valence-corrected chi connectivity index (χ4v) is 2.40. The number of nitrogens with one attached hydrogen (secondary N) is 2. The molecule has 0 fully saturated rings. The summed E-state index contributed by atoms with van der Waals surface area (Å²) in [5.41, 5.74) is 2.03. The Balaban J connectivity index is 2.06. The molecular weight excluding hydrogens is 342 g/mol. The highest BCUT2D eigenvalue weighted by Crippen LogP contribution is 2.21. The van der Waals surface area contributed by atoms with Crippen LogP contribution in [-0.4, -0.2) is 37.8 Å². The number of benzene rings is 1. The van der Waals surface area contributed by atoms with E-state index in [0.717, 1.165) is 11.3 Å². The molecule has 0 aliphatic carbocycles. The van der Waals surface area contributed by atoms with Gasteiger partial charge in [0.1, 0.15) is 6.61 Å². The number of pyridine rings is 1. The lowest BCUT2D eigenvalue weighted by atomic mass is 10.1. The van der Waals surface area contributed by atoms with Gasteiger partial charge in [-0.3, -0.25) is 4.79 Å². The summed E-state index contributed by atoms with van der Waals surface area (Å²) in [4.78, 5) is 16.7. The van der Waals surface area contributed by atoms with E-state index in [-0.39, 0.29) is 5.91 Å². The Kier molecular flexibility index (Phi) is 7.50. The number of anilines is 1. The number of carbonyl (C=O) groups is 1. The Morgan fingerprint density at radius 1 is 1.28 bits per heavy atom. The molecule has 6 nitrogen and oxygen atoms in total. The summed E-state index contributed by atoms with van der Waals surface area (Å²) in [6, 6.07) is 8.85. The molecule has 0 saturated carbocycles. The molecule has 0 radical (unpaired) electrons. The minimum absolute atomic E-state index is 0.217. The highest BCUT2D eigenvalue weighted by atomic mass is 35.5. The zero-order valence-electron chi connectivity index (χ0n) is 14.3. The zero-order chi connectivity index (χ0) is 18.1. The van der Waals surface area contributed by atoms with E-state index in [1.807, 2.05) is 13.0 Å². The van der Waals surface area contributed by atoms with Crippen molar-refractivity contribution in [3.8, 4) is 5.88 Å². The maximum absolute atomic E-state index is 12.5. The second-order valence-corrected chi connectivity index (χ2v) is 5.65. The maximum Gasteiger partial charge on any atom is 0.253 e. The monoisotopic (exact) mass is 363 g/mol. The Hall–Kier alpha value is -2.31. The van der Waals surface area contributed by atoms with Crippen LogP contribution in [-0.2, 0) is 11.3 Å². The summed E-state index contributed by atoms with van der Waals surface area (Å²) in [6.07, 6.45) is 1.65. The van der Waals surface area contributed by atoms with Crippen LogP contribution in [0.1, 0.15) is 22.8 Å². The van der Waals surface area contributed by atoms with Crippen LogP contribution in [0.2, 0.25) is 5.02 Å². The van der Waals surface area contributed by atoms with Gasteiger partial charge in [0.2, 0.25) is 5.88 Å². The van der Waals surface area contributed by atoms with Crippen molar-refractivity contribution in [1.29, 1.82) is 0 Å². The van der Waals surface area contributed by atoms with E-state index in [0.29, 0.717) is 42.8 Å². The van der Waals surface area contributed by atoms with E-state index in [2.05, 4.69) is 15.6 Å². The third-order valence-corrected chi connectivity index (χ3v) is 3.64. The van der Waals surface area contributed by atoms with Gasteiger partial charge in [0.05, 0.1) is 12.2 Å². The van der Waals surface area contributed by atoms with Crippen LogP contribution in [0, 0.1) is 0 Å². The molecule has 7 heteroatoms. The third-order valence-electron chi connectivity index (χ3n) is 3.41. The van der Waals surface area contributed by atoms with Crippen LogP contribution in [0.25, 0.3) is 0 Å². The molecule has 0 atom stereocenters. The van der Waals surface area contributed by atoms with Gasteiger partial charge in [0.15, 0.2) is 0 Å². The van der Waals surface area contributed by atoms with E-state index in [1.165, 1.54) is 0 Å². The molecule has 1 aromatic heterocycles. The lowest BCUT2D eigenvalue weighted by Crippen LogP contribution is -2.24. The number of hydrogen-bond acceptors (Lipinski definition) is 5. The van der Waals surface area contributed by atoms with Crippen molar-refractivity contribution in [3.63, 3.8) is 0 Å². The van der Waals surface area contributed by atoms with Crippen molar-refractivity contribution in [2.75, 3.05) is 32.2 Å². The van der Waals surface area contributed by atoms with Crippen molar-refractivity contribution < 1.29 is 14.3 Å². The largest absolute Gasteiger partial charge is 0.475 e. The average molecular weight is 364 g/mol. The smallest absolute Gasteiger partial charge is 0.253 e. The Morgan fingerprint density at radius 2 is 2.12 bits per heavy atom. The van der Waals surface area contributed by atoms with Gasteiger partial charge < -0.3 is 20.1 Å². The normalized spacial score (nSPS) is 10.4. The van der Waals surface area contributed by atoms with Gasteiger partial charge in [0.25, 0.3) is 5.91 Å². The lowest BCUT2D eigenvalue weighted by molar-refractivity contribution is 0.0951. The first kappa shape index (κ1) is 19.0. The van der Waals surface area contributed by atoms with Crippen molar-refractivity contribution in [2.45, 2.75) is 13.5 Å². The number of methoxy groups -OCH3 is 1. The molecule has 1 amide bonds. The fourth-order valence-electron chi connectivity index (χ4n) is 2.23. The van der Waals surface area contributed by atoms with E-state index >= 15 is 0 Å². The predicted octanol–water partition coefficient (Wildman–Crippen LogP) is 3.12. The number of hydrogen-bond donors (Lipinski definition) is 2. The van der Waals surface area contributed by atoms with Crippen molar-refractivity contribution in [1.82, 2.24) is 10.3 Å². The molecule has 2 aromatic rings. The topological polar surface area (TPSA) is 72.5 Å². The molecule has 134 valence electrons. The van der Waals surface area contributed by atoms with Gasteiger partial charge in [-0.15, -0.1) is 0 Å². The number of nitrogens with zero attached hydrogens (tertiary/aromatic N) is 1. The van der Waals surface area contributed by atoms with Gasteiger partial charge in [0, 0.05) is 42.7 Å². The van der Waals surface area contributed by atoms with Crippen LogP contribution in [0.4, 0.5) is 5.69 Å². The van der Waals surface area contributed by atoms with Crippen molar-refractivity contribution >= 4 is 23.2 Å². The Morgan fingerprint density at radius 3 is 2.88 bits per heavy atom. The summed E-state index contributed by atoms with van der Waals surface area (Å²) in [7, 11) is 1.61. The molecule has 2 N–H and O–H groups in total. The first-order valence-electron chi connectivity index (χ1n) is 8.03. The van der Waals surface area contributed by atoms with Gasteiger partial charge in [-0.05, 0) is 31.2 Å². The number of halogens is 1. The molecule has 0 aliphatic heterocycles. The summed E-state index contributed by atoms with van der Waals surface area (Å²) in [5, 5.41) is 6.55. The number of amides is 1. The standard InChI is InChI=1S/C18H22ClN3O3/c1-3-20-16-7-6-14(19)11-15(16)17(23)22-12-13-5-4-8-21-18(13)25-10-9-24-2/h4-8,11,20H,3,9-10,12H2,1-2H3,(H,22,23). The molecule has 0 bridgehead atoms. The molecule has 0 unspecified atom stereocenters. The van der Waals surface area contributed by atoms with Gasteiger partial charge in [-0.25, -0.2) is 4.98 Å². The average Bonchev–Trinajstić information content (AvgIpc) is 2.62. The lowest BCUT2D eigenvalue weighted by Gasteiger charge is -2.13. The highest BCUT2D eigenvalue weighted by Gasteiger charge is 2.13. The molecule has 1 heterocycles. The summed E-state index contributed by atoms with van der Waals surface area (Å²) >= 11 is 6.02. The Labute approximate surface area is 152 Å². The third kappa shape index (κ3) is 5.62. The highest BCUT2D eigenvalue weighted by molar-refractivity contribution is 6.31. The van der Waals surface area contributed by atoms with Crippen LogP contribution in [0.15, 0.2) is 36.5 Å². The molecule has 25 heavy (non-hydrogen) atoms. The minimum Gasteiger partial charge on any atom is -0.475 e. The van der Waals surface area contributed by atoms with E-state index in [9.17, 15) is 4.79 Å². The molecule has 0 spiro atoms. The zero-order valence-corrected chi connectivity index (χ0v) is 15.1. The number of ether oxygens (including phenoxy) is 2. The van der Waals surface area contributed by atoms with Crippen LogP contribution < -0.4 is 15.4 Å². The van der Waals surface area contributed by atoms with Crippen molar-refractivity contribution in [2.24, 2.45) is 0 Å². The summed E-state index contributed by atoms with van der Waals surface area (Å²) in [6.45, 7) is 3.84. The van der Waals surface area contributed by atoms with Crippen LogP contribution >= 0.6 is 11.6 Å². The SMILES string of the molecule is CCNc1ccc(Cl)cc1C(=O)NCc1cccnc1OCCOC. The van der Waals surface area contributed by atoms with Gasteiger partial charge in [-0.1, -0.05) is 17.7 Å². The van der Waals surface area contributed by atoms with E-state index in [1.54, 1.807) is 37.6 Å². The van der Waals surface area contributed by atoms with Crippen molar-refractivity contribution in [3.05, 3.63) is 52.7 Å². The number of carbonyl (C=O) groups excluding carboxylic acids is 1. The second-order valence-electron chi connectivity index (χ2n) is 5.21. The maximum atomic E-state index is 12.5. The molecule has 0 aliphatic rings. The summed E-state index contributed by atoms with van der Waals surface area (Å²) in [5.74, 6) is 0.267. The molecule has 1 aromatic carbocycles. The quantitative estimate of drug-likeness (QED) is 0.670. The summed E-state index contributed by atoms with van der Waals surface area (Å²) < 4.78 is 10.5. The molecule has 0 saturated heterocycles. The number of rotatable bonds is 9. The van der Waals surface area contributed by atoms with Gasteiger partial charge in [-0.2, -0.15) is 0 Å².